The SMILES string of the molecule is COCCOCC(C)(C)c1cc(N)on1. The van der Waals surface area contributed by atoms with Gasteiger partial charge in [0, 0.05) is 18.6 Å². The van der Waals surface area contributed by atoms with Crippen LogP contribution in [0.2, 0.25) is 0 Å². The van der Waals surface area contributed by atoms with Crippen LogP contribution in [0.4, 0.5) is 5.88 Å². The molecule has 0 spiro atoms. The fourth-order valence-electron chi connectivity index (χ4n) is 1.15. The lowest BCUT2D eigenvalue weighted by atomic mass is 9.90. The molecular weight excluding hydrogens is 196 g/mol. The Morgan fingerprint density at radius 1 is 1.47 bits per heavy atom. The highest BCUT2D eigenvalue weighted by molar-refractivity contribution is 5.28. The first-order chi connectivity index (χ1) is 7.06. The lowest BCUT2D eigenvalue weighted by molar-refractivity contribution is 0.0470. The molecule has 1 aromatic heterocycles. The minimum absolute atomic E-state index is 0.200. The topological polar surface area (TPSA) is 70.5 Å². The predicted octanol–water partition coefficient (Wildman–Crippen LogP) is 1.20. The van der Waals surface area contributed by atoms with Crippen LogP contribution in [0.15, 0.2) is 10.6 Å². The van der Waals surface area contributed by atoms with E-state index < -0.39 is 0 Å². The second kappa shape index (κ2) is 5.14. The fraction of sp³-hybridized carbons (Fsp3) is 0.700. The van der Waals surface area contributed by atoms with E-state index in [0.717, 1.165) is 5.69 Å². The largest absolute Gasteiger partial charge is 0.382 e. The van der Waals surface area contributed by atoms with Crippen molar-refractivity contribution in [3.8, 4) is 0 Å². The van der Waals surface area contributed by atoms with E-state index in [1.807, 2.05) is 13.8 Å². The van der Waals surface area contributed by atoms with Crippen LogP contribution in [0.1, 0.15) is 19.5 Å². The van der Waals surface area contributed by atoms with E-state index in [9.17, 15) is 0 Å². The zero-order valence-corrected chi connectivity index (χ0v) is 9.45. The summed E-state index contributed by atoms with van der Waals surface area (Å²) < 4.78 is 15.2. The van der Waals surface area contributed by atoms with Gasteiger partial charge in [-0.3, -0.25) is 0 Å². The third kappa shape index (κ3) is 3.53. The Hall–Kier alpha value is -1.07. The molecule has 86 valence electrons. The Kier molecular flexibility index (Phi) is 4.11. The number of rotatable bonds is 6. The van der Waals surface area contributed by atoms with E-state index in [1.54, 1.807) is 13.2 Å². The Bertz CT molecular complexity index is 297. The van der Waals surface area contributed by atoms with Crippen molar-refractivity contribution in [2.24, 2.45) is 0 Å². The van der Waals surface area contributed by atoms with Gasteiger partial charge < -0.3 is 19.7 Å². The molecule has 15 heavy (non-hydrogen) atoms. The van der Waals surface area contributed by atoms with Gasteiger partial charge in [-0.1, -0.05) is 19.0 Å². The number of hydrogen-bond donors (Lipinski definition) is 1. The minimum atomic E-state index is -0.200. The molecule has 0 atom stereocenters. The molecule has 0 aliphatic carbocycles. The van der Waals surface area contributed by atoms with Crippen LogP contribution in [0.5, 0.6) is 0 Å². The van der Waals surface area contributed by atoms with Gasteiger partial charge in [0.15, 0.2) is 0 Å². The summed E-state index contributed by atoms with van der Waals surface area (Å²) in [6.07, 6.45) is 0. The van der Waals surface area contributed by atoms with E-state index in [0.29, 0.717) is 25.7 Å². The van der Waals surface area contributed by atoms with Gasteiger partial charge in [-0.05, 0) is 0 Å². The molecular formula is C10H18N2O3. The van der Waals surface area contributed by atoms with Crippen molar-refractivity contribution in [3.05, 3.63) is 11.8 Å². The van der Waals surface area contributed by atoms with Crippen molar-refractivity contribution >= 4 is 5.88 Å². The van der Waals surface area contributed by atoms with Crippen molar-refractivity contribution in [2.75, 3.05) is 32.7 Å². The van der Waals surface area contributed by atoms with Crippen LogP contribution < -0.4 is 5.73 Å². The maximum absolute atomic E-state index is 5.46. The van der Waals surface area contributed by atoms with Crippen LogP contribution >= 0.6 is 0 Å². The van der Waals surface area contributed by atoms with Gasteiger partial charge in [-0.15, -0.1) is 0 Å². The number of hydrogen-bond acceptors (Lipinski definition) is 5. The van der Waals surface area contributed by atoms with Gasteiger partial charge in [-0.25, -0.2) is 0 Å². The van der Waals surface area contributed by atoms with Crippen molar-refractivity contribution < 1.29 is 14.0 Å². The highest BCUT2D eigenvalue weighted by atomic mass is 16.5. The van der Waals surface area contributed by atoms with Gasteiger partial charge in [-0.2, -0.15) is 0 Å². The standard InChI is InChI=1S/C10H18N2O3/c1-10(2,7-14-5-4-13-3)8-6-9(11)15-12-8/h6H,4-5,7,11H2,1-3H3. The van der Waals surface area contributed by atoms with Crippen molar-refractivity contribution in [1.29, 1.82) is 0 Å². The van der Waals surface area contributed by atoms with Crippen molar-refractivity contribution in [2.45, 2.75) is 19.3 Å². The zero-order valence-electron chi connectivity index (χ0n) is 9.45. The van der Waals surface area contributed by atoms with E-state index >= 15 is 0 Å². The third-order valence-electron chi connectivity index (χ3n) is 2.12. The molecule has 0 fully saturated rings. The van der Waals surface area contributed by atoms with Crippen molar-refractivity contribution in [1.82, 2.24) is 5.16 Å². The molecule has 5 heteroatoms. The van der Waals surface area contributed by atoms with Gasteiger partial charge in [0.05, 0.1) is 25.5 Å². The summed E-state index contributed by atoms with van der Waals surface area (Å²) in [5.41, 5.74) is 6.07. The van der Waals surface area contributed by atoms with Crippen LogP contribution in [0.3, 0.4) is 0 Å². The van der Waals surface area contributed by atoms with Crippen molar-refractivity contribution in [3.63, 3.8) is 0 Å². The average molecular weight is 214 g/mol. The minimum Gasteiger partial charge on any atom is -0.382 e. The molecule has 0 radical (unpaired) electrons. The highest BCUT2D eigenvalue weighted by Gasteiger charge is 2.24. The summed E-state index contributed by atoms with van der Waals surface area (Å²) in [7, 11) is 1.65. The number of nitrogens with two attached hydrogens (primary N) is 1. The molecule has 0 saturated heterocycles. The maximum atomic E-state index is 5.46. The van der Waals surface area contributed by atoms with Gasteiger partial charge in [0.1, 0.15) is 0 Å². The first kappa shape index (κ1) is 12.0. The van der Waals surface area contributed by atoms with Gasteiger partial charge in [0.25, 0.3) is 0 Å². The van der Waals surface area contributed by atoms with Crippen LogP contribution in [-0.2, 0) is 14.9 Å². The van der Waals surface area contributed by atoms with Crippen LogP contribution in [0, 0.1) is 0 Å². The molecule has 1 rings (SSSR count). The number of ether oxygens (including phenoxy) is 2. The van der Waals surface area contributed by atoms with Crippen LogP contribution in [-0.4, -0.2) is 32.1 Å². The molecule has 5 nitrogen and oxygen atoms in total. The number of methoxy groups -OCH3 is 1. The van der Waals surface area contributed by atoms with E-state index in [2.05, 4.69) is 5.16 Å². The zero-order chi connectivity index (χ0) is 11.3. The van der Waals surface area contributed by atoms with Gasteiger partial charge in [0.2, 0.25) is 5.88 Å². The molecule has 0 aliphatic rings. The lowest BCUT2D eigenvalue weighted by Gasteiger charge is -2.21. The molecule has 0 saturated carbocycles. The van der Waals surface area contributed by atoms with E-state index in [1.165, 1.54) is 0 Å². The summed E-state index contributed by atoms with van der Waals surface area (Å²) in [5, 5.41) is 3.88. The first-order valence-electron chi connectivity index (χ1n) is 4.85. The predicted molar refractivity (Wildman–Crippen MR) is 56.6 cm³/mol. The Labute approximate surface area is 89.5 Å². The molecule has 2 N–H and O–H groups in total. The smallest absolute Gasteiger partial charge is 0.222 e. The third-order valence-corrected chi connectivity index (χ3v) is 2.12. The highest BCUT2D eigenvalue weighted by Crippen LogP contribution is 2.23. The Morgan fingerprint density at radius 3 is 2.73 bits per heavy atom. The number of aromatic nitrogens is 1. The van der Waals surface area contributed by atoms with E-state index in [4.69, 9.17) is 19.7 Å². The number of nitrogen functional groups attached to an aromatic ring is 1. The summed E-state index contributed by atoms with van der Waals surface area (Å²) >= 11 is 0. The normalized spacial score (nSPS) is 11.9. The van der Waals surface area contributed by atoms with Crippen LogP contribution in [0.25, 0.3) is 0 Å². The lowest BCUT2D eigenvalue weighted by Crippen LogP contribution is -2.25. The molecule has 0 aliphatic heterocycles. The molecule has 1 heterocycles. The summed E-state index contributed by atoms with van der Waals surface area (Å²) in [6.45, 7) is 5.78. The number of nitrogens with zero attached hydrogens (tertiary/aromatic N) is 1. The Morgan fingerprint density at radius 2 is 2.20 bits per heavy atom. The number of anilines is 1. The summed E-state index contributed by atoms with van der Waals surface area (Å²) in [6, 6.07) is 1.72. The second-order valence-corrected chi connectivity index (χ2v) is 4.04. The average Bonchev–Trinajstić information content (AvgIpc) is 2.60. The summed E-state index contributed by atoms with van der Waals surface area (Å²) in [4.78, 5) is 0. The second-order valence-electron chi connectivity index (χ2n) is 4.04. The summed E-state index contributed by atoms with van der Waals surface area (Å²) in [5.74, 6) is 0.329. The first-order valence-corrected chi connectivity index (χ1v) is 4.85. The molecule has 1 aromatic rings. The Balaban J connectivity index is 2.44. The molecule has 0 unspecified atom stereocenters. The van der Waals surface area contributed by atoms with E-state index in [-0.39, 0.29) is 5.41 Å². The molecule has 0 amide bonds. The molecule has 0 aromatic carbocycles. The monoisotopic (exact) mass is 214 g/mol. The fourth-order valence-corrected chi connectivity index (χ4v) is 1.15. The quantitative estimate of drug-likeness (QED) is 0.720. The molecule has 0 bridgehead atoms. The van der Waals surface area contributed by atoms with Gasteiger partial charge >= 0.3 is 0 Å². The maximum Gasteiger partial charge on any atom is 0.222 e.